The summed E-state index contributed by atoms with van der Waals surface area (Å²) in [7, 11) is 0. The average Bonchev–Trinajstić information content (AvgIpc) is 2.63. The van der Waals surface area contributed by atoms with Gasteiger partial charge in [0.1, 0.15) is 0 Å². The molecule has 5 heteroatoms. The Morgan fingerprint density at radius 2 is 1.83 bits per heavy atom. The smallest absolute Gasteiger partial charge is 0.314 e. The zero-order valence-electron chi connectivity index (χ0n) is 6.76. The highest BCUT2D eigenvalue weighted by atomic mass is 32.2. The van der Waals surface area contributed by atoms with E-state index < -0.39 is 0 Å². The highest BCUT2D eigenvalue weighted by Gasteiger charge is 2.08. The molecule has 0 saturated carbocycles. The van der Waals surface area contributed by atoms with Crippen LogP contribution in [0.25, 0.3) is 0 Å². The second-order valence-electron chi connectivity index (χ2n) is 2.51. The van der Waals surface area contributed by atoms with Gasteiger partial charge in [-0.3, -0.25) is 4.79 Å². The Morgan fingerprint density at radius 1 is 1.17 bits per heavy atom. The molecule has 68 valence electrons. The molecule has 0 aliphatic carbocycles. The molecule has 2 N–H and O–H groups in total. The van der Waals surface area contributed by atoms with Gasteiger partial charge in [0.15, 0.2) is 5.12 Å². The van der Waals surface area contributed by atoms with Gasteiger partial charge in [-0.1, -0.05) is 11.8 Å². The maximum Gasteiger partial charge on any atom is 0.314 e. The maximum atomic E-state index is 10.2. The van der Waals surface area contributed by atoms with E-state index in [-0.39, 0.29) is 6.03 Å². The van der Waals surface area contributed by atoms with Gasteiger partial charge in [-0.05, 0) is 6.42 Å². The molecule has 0 atom stereocenters. The summed E-state index contributed by atoms with van der Waals surface area (Å²) in [6.07, 6.45) is 1.91. The lowest BCUT2D eigenvalue weighted by Gasteiger charge is -1.80. The van der Waals surface area contributed by atoms with Crippen molar-refractivity contribution in [3.05, 3.63) is 0 Å². The lowest BCUT2D eigenvalue weighted by Crippen LogP contribution is -2.20. The van der Waals surface area contributed by atoms with Crippen LogP contribution in [0.15, 0.2) is 0 Å². The standard InChI is InChI=1S/C4H6OS.C3H6N2O/c5-4-2-1-3-6-4;6-3-4-1-2-5-3/h1-3H2;1-2H2,(H2,4,5,6). The molecule has 2 fully saturated rings. The number of hydrogen-bond donors (Lipinski definition) is 2. The van der Waals surface area contributed by atoms with Gasteiger partial charge in [0.05, 0.1) is 0 Å². The molecule has 2 saturated heterocycles. The highest BCUT2D eigenvalue weighted by molar-refractivity contribution is 8.14. The molecule has 0 aromatic rings. The van der Waals surface area contributed by atoms with Crippen LogP contribution in [-0.4, -0.2) is 30.0 Å². The minimum absolute atomic E-state index is 0.0463. The molecule has 0 aromatic carbocycles. The largest absolute Gasteiger partial charge is 0.336 e. The number of urea groups is 1. The van der Waals surface area contributed by atoms with Gasteiger partial charge in [-0.15, -0.1) is 0 Å². The van der Waals surface area contributed by atoms with Gasteiger partial charge in [0.25, 0.3) is 0 Å². The summed E-state index contributed by atoms with van der Waals surface area (Å²) in [4.78, 5) is 20.2. The molecular weight excluding hydrogens is 176 g/mol. The van der Waals surface area contributed by atoms with E-state index >= 15 is 0 Å². The van der Waals surface area contributed by atoms with Crippen molar-refractivity contribution in [1.82, 2.24) is 10.6 Å². The third kappa shape index (κ3) is 3.61. The van der Waals surface area contributed by atoms with Crippen LogP contribution in [-0.2, 0) is 4.79 Å². The van der Waals surface area contributed by atoms with Crippen LogP contribution < -0.4 is 10.6 Å². The van der Waals surface area contributed by atoms with Crippen LogP contribution in [0.5, 0.6) is 0 Å². The average molecular weight is 188 g/mol. The first-order chi connectivity index (χ1) is 5.79. The number of rotatable bonds is 0. The Balaban J connectivity index is 0.000000120. The zero-order chi connectivity index (χ0) is 8.81. The molecule has 2 rings (SSSR count). The van der Waals surface area contributed by atoms with Gasteiger partial charge in [-0.25, -0.2) is 4.79 Å². The zero-order valence-corrected chi connectivity index (χ0v) is 7.58. The van der Waals surface area contributed by atoms with Crippen molar-refractivity contribution in [2.75, 3.05) is 18.8 Å². The Bertz CT molecular complexity index is 148. The predicted octanol–water partition coefficient (Wildman–Crippen LogP) is 0.339. The van der Waals surface area contributed by atoms with E-state index in [4.69, 9.17) is 0 Å². The van der Waals surface area contributed by atoms with Crippen LogP contribution in [0.3, 0.4) is 0 Å². The minimum Gasteiger partial charge on any atom is -0.336 e. The van der Waals surface area contributed by atoms with Crippen molar-refractivity contribution in [2.45, 2.75) is 12.8 Å². The molecular formula is C7H12N2O2S. The molecule has 0 spiro atoms. The third-order valence-electron chi connectivity index (χ3n) is 1.48. The molecule has 0 radical (unpaired) electrons. The number of carbonyl (C=O) groups is 2. The summed E-state index contributed by atoms with van der Waals surface area (Å²) in [5, 5.41) is 5.51. The van der Waals surface area contributed by atoms with Crippen LogP contribution in [0, 0.1) is 0 Å². The SMILES string of the molecule is O=C1CCCS1.O=C1NCCN1. The van der Waals surface area contributed by atoms with Crippen LogP contribution >= 0.6 is 11.8 Å². The fraction of sp³-hybridized carbons (Fsp3) is 0.714. The van der Waals surface area contributed by atoms with Crippen molar-refractivity contribution >= 4 is 22.9 Å². The number of thioether (sulfide) groups is 1. The molecule has 0 unspecified atom stereocenters. The molecule has 0 aromatic heterocycles. The first-order valence-corrected chi connectivity index (χ1v) is 4.95. The summed E-state index contributed by atoms with van der Waals surface area (Å²) in [6, 6.07) is -0.0463. The van der Waals surface area contributed by atoms with Crippen molar-refractivity contribution in [1.29, 1.82) is 0 Å². The van der Waals surface area contributed by atoms with Crippen LogP contribution in [0.4, 0.5) is 4.79 Å². The maximum absolute atomic E-state index is 10.2. The van der Waals surface area contributed by atoms with E-state index in [0.717, 1.165) is 31.7 Å². The minimum atomic E-state index is -0.0463. The molecule has 2 amide bonds. The van der Waals surface area contributed by atoms with Gasteiger partial charge >= 0.3 is 6.03 Å². The lowest BCUT2D eigenvalue weighted by atomic mass is 10.4. The normalized spacial score (nSPS) is 21.0. The van der Waals surface area contributed by atoms with E-state index in [1.165, 1.54) is 11.8 Å². The first kappa shape index (κ1) is 9.38. The molecule has 2 aliphatic rings. The fourth-order valence-corrected chi connectivity index (χ4v) is 1.69. The summed E-state index contributed by atoms with van der Waals surface area (Å²) in [5.41, 5.74) is 0. The summed E-state index contributed by atoms with van der Waals surface area (Å²) < 4.78 is 0. The van der Waals surface area contributed by atoms with Crippen LogP contribution in [0.2, 0.25) is 0 Å². The second-order valence-corrected chi connectivity index (χ2v) is 3.66. The summed E-state index contributed by atoms with van der Waals surface area (Å²) in [6.45, 7) is 1.55. The monoisotopic (exact) mass is 188 g/mol. The Labute approximate surface area is 75.5 Å². The van der Waals surface area contributed by atoms with Crippen LogP contribution in [0.1, 0.15) is 12.8 Å². The van der Waals surface area contributed by atoms with Gasteiger partial charge < -0.3 is 10.6 Å². The number of carbonyl (C=O) groups excluding carboxylic acids is 2. The van der Waals surface area contributed by atoms with Crippen molar-refractivity contribution in [3.8, 4) is 0 Å². The molecule has 2 heterocycles. The fourth-order valence-electron chi connectivity index (χ4n) is 0.889. The Hall–Kier alpha value is -0.710. The second kappa shape index (κ2) is 5.03. The lowest BCUT2D eigenvalue weighted by molar-refractivity contribution is -0.110. The predicted molar refractivity (Wildman–Crippen MR) is 48.1 cm³/mol. The summed E-state index contributed by atoms with van der Waals surface area (Å²) in [5.74, 6) is 1.05. The van der Waals surface area contributed by atoms with Gasteiger partial charge in [-0.2, -0.15) is 0 Å². The van der Waals surface area contributed by atoms with E-state index in [1.807, 2.05) is 0 Å². The summed E-state index contributed by atoms with van der Waals surface area (Å²) >= 11 is 1.46. The third-order valence-corrected chi connectivity index (χ3v) is 2.50. The molecule has 2 aliphatic heterocycles. The Morgan fingerprint density at radius 3 is 2.00 bits per heavy atom. The Kier molecular flexibility index (Phi) is 3.93. The topological polar surface area (TPSA) is 58.2 Å². The number of hydrogen-bond acceptors (Lipinski definition) is 3. The number of amides is 2. The van der Waals surface area contributed by atoms with Crippen molar-refractivity contribution in [3.63, 3.8) is 0 Å². The van der Waals surface area contributed by atoms with E-state index in [9.17, 15) is 9.59 Å². The van der Waals surface area contributed by atoms with E-state index in [1.54, 1.807) is 0 Å². The molecule has 0 bridgehead atoms. The molecule has 4 nitrogen and oxygen atoms in total. The molecule has 12 heavy (non-hydrogen) atoms. The van der Waals surface area contributed by atoms with Crippen molar-refractivity contribution < 1.29 is 9.59 Å². The first-order valence-electron chi connectivity index (χ1n) is 3.96. The highest BCUT2D eigenvalue weighted by Crippen LogP contribution is 2.17. The van der Waals surface area contributed by atoms with Gasteiger partial charge in [0.2, 0.25) is 0 Å². The van der Waals surface area contributed by atoms with Gasteiger partial charge in [0, 0.05) is 25.3 Å². The van der Waals surface area contributed by atoms with E-state index in [0.29, 0.717) is 5.12 Å². The quantitative estimate of drug-likeness (QED) is 0.576. The van der Waals surface area contributed by atoms with Crippen molar-refractivity contribution in [2.24, 2.45) is 0 Å². The van der Waals surface area contributed by atoms with E-state index in [2.05, 4.69) is 10.6 Å². The number of nitrogens with one attached hydrogen (secondary N) is 2.